The summed E-state index contributed by atoms with van der Waals surface area (Å²) in [4.78, 5) is 47.3. The number of primary amides is 1. The molecule has 156 valence electrons. The first kappa shape index (κ1) is 20.8. The van der Waals surface area contributed by atoms with Crippen molar-refractivity contribution >= 4 is 23.4 Å². The van der Waals surface area contributed by atoms with E-state index in [9.17, 15) is 32.3 Å². The van der Waals surface area contributed by atoms with Crippen molar-refractivity contribution in [2.45, 2.75) is 44.4 Å². The van der Waals surface area contributed by atoms with Gasteiger partial charge in [0.2, 0.25) is 5.91 Å². The Morgan fingerprint density at radius 1 is 1.17 bits per heavy atom. The number of hydrogen-bond acceptors (Lipinski definition) is 5. The highest BCUT2D eigenvalue weighted by Gasteiger charge is 2.54. The Morgan fingerprint density at radius 2 is 1.79 bits per heavy atom. The molecule has 2 fully saturated rings. The van der Waals surface area contributed by atoms with Gasteiger partial charge in [-0.2, -0.15) is 0 Å². The summed E-state index contributed by atoms with van der Waals surface area (Å²) in [7, 11) is 0. The molecule has 1 spiro atoms. The van der Waals surface area contributed by atoms with Gasteiger partial charge in [0, 0.05) is 18.4 Å². The second-order valence-corrected chi connectivity index (χ2v) is 7.53. The maximum absolute atomic E-state index is 12.9. The molecule has 2 aliphatic carbocycles. The molecule has 0 radical (unpaired) electrons. The molecule has 0 saturated heterocycles. The van der Waals surface area contributed by atoms with Crippen molar-refractivity contribution in [2.75, 3.05) is 0 Å². The summed E-state index contributed by atoms with van der Waals surface area (Å²) in [5, 5.41) is 9.12. The Labute approximate surface area is 163 Å². The van der Waals surface area contributed by atoms with Crippen LogP contribution in [0.3, 0.4) is 0 Å². The molecule has 0 bridgehead atoms. The number of halogens is 3. The Morgan fingerprint density at radius 3 is 2.31 bits per heavy atom. The highest BCUT2D eigenvalue weighted by atomic mass is 19.4. The van der Waals surface area contributed by atoms with Crippen molar-refractivity contribution in [2.24, 2.45) is 17.1 Å². The molecule has 0 aromatic heterocycles. The number of Topliss-reactive ketones (excluding diaryl/α,β-unsaturated/α-hetero) is 2. The number of carboxylic acid groups (broad SMARTS) is 1. The summed E-state index contributed by atoms with van der Waals surface area (Å²) in [6.07, 6.45) is -4.13. The summed E-state index contributed by atoms with van der Waals surface area (Å²) in [6.45, 7) is 0. The molecule has 2 aliphatic rings. The lowest BCUT2D eigenvalue weighted by atomic mass is 9.62. The van der Waals surface area contributed by atoms with E-state index in [1.165, 1.54) is 12.1 Å². The molecular weight excluding hydrogens is 395 g/mol. The van der Waals surface area contributed by atoms with Gasteiger partial charge in [-0.1, -0.05) is 12.5 Å². The van der Waals surface area contributed by atoms with Crippen LogP contribution in [0.1, 0.15) is 53.9 Å². The number of amides is 1. The second kappa shape index (κ2) is 7.16. The number of benzene rings is 1. The van der Waals surface area contributed by atoms with Crippen molar-refractivity contribution < 1.29 is 42.2 Å². The van der Waals surface area contributed by atoms with E-state index in [1.807, 2.05) is 0 Å². The summed E-state index contributed by atoms with van der Waals surface area (Å²) in [6, 6.07) is 3.44. The second-order valence-electron chi connectivity index (χ2n) is 7.53. The van der Waals surface area contributed by atoms with Gasteiger partial charge < -0.3 is 15.6 Å². The van der Waals surface area contributed by atoms with Crippen LogP contribution in [-0.2, 0) is 14.4 Å². The molecule has 0 aliphatic heterocycles. The van der Waals surface area contributed by atoms with E-state index in [0.29, 0.717) is 19.3 Å². The Bertz CT molecular complexity index is 876. The number of ether oxygens (including phenoxy) is 1. The van der Waals surface area contributed by atoms with Gasteiger partial charge in [0.25, 0.3) is 0 Å². The van der Waals surface area contributed by atoms with E-state index in [4.69, 9.17) is 10.8 Å². The van der Waals surface area contributed by atoms with E-state index in [1.54, 1.807) is 0 Å². The van der Waals surface area contributed by atoms with Gasteiger partial charge in [-0.15, -0.1) is 13.2 Å². The van der Waals surface area contributed by atoms with Gasteiger partial charge >= 0.3 is 12.3 Å². The molecule has 1 atom stereocenters. The summed E-state index contributed by atoms with van der Waals surface area (Å²) < 4.78 is 42.9. The molecule has 3 rings (SSSR count). The minimum atomic E-state index is -5.02. The van der Waals surface area contributed by atoms with Gasteiger partial charge in [0.05, 0.1) is 0 Å². The zero-order valence-electron chi connectivity index (χ0n) is 15.1. The van der Waals surface area contributed by atoms with Crippen LogP contribution in [-0.4, -0.2) is 34.9 Å². The Balaban J connectivity index is 2.03. The minimum absolute atomic E-state index is 0.110. The van der Waals surface area contributed by atoms with Crippen LogP contribution >= 0.6 is 0 Å². The lowest BCUT2D eigenvalue weighted by molar-refractivity contribution is -0.275. The number of rotatable bonds is 4. The number of carbonyl (C=O) groups excluding carboxylic acids is 3. The first-order chi connectivity index (χ1) is 13.4. The smallest absolute Gasteiger partial charge is 0.480 e. The molecule has 10 heteroatoms. The number of aliphatic carboxylic acids is 1. The van der Waals surface area contributed by atoms with E-state index >= 15 is 0 Å². The van der Waals surface area contributed by atoms with Gasteiger partial charge in [-0.05, 0) is 41.9 Å². The fourth-order valence-corrected chi connectivity index (χ4v) is 4.65. The van der Waals surface area contributed by atoms with Gasteiger partial charge in [-0.25, -0.2) is 0 Å². The van der Waals surface area contributed by atoms with Crippen LogP contribution < -0.4 is 10.5 Å². The van der Waals surface area contributed by atoms with E-state index in [0.717, 1.165) is 6.07 Å². The third-order valence-corrected chi connectivity index (χ3v) is 5.75. The topological polar surface area (TPSA) is 124 Å². The van der Waals surface area contributed by atoms with Crippen molar-refractivity contribution in [1.29, 1.82) is 0 Å². The lowest BCUT2D eigenvalue weighted by Crippen LogP contribution is -2.45. The van der Waals surface area contributed by atoms with Crippen LogP contribution in [0.4, 0.5) is 13.2 Å². The van der Waals surface area contributed by atoms with Gasteiger partial charge in [-0.3, -0.25) is 19.2 Å². The number of carbonyl (C=O) groups is 4. The van der Waals surface area contributed by atoms with Crippen molar-refractivity contribution in [3.63, 3.8) is 0 Å². The quantitative estimate of drug-likeness (QED) is 0.732. The average molecular weight is 413 g/mol. The maximum Gasteiger partial charge on any atom is 0.573 e. The molecular formula is C19H18F3NO6. The monoisotopic (exact) mass is 413 g/mol. The highest BCUT2D eigenvalue weighted by molar-refractivity contribution is 6.18. The molecule has 1 amide bonds. The zero-order chi connectivity index (χ0) is 21.6. The fourth-order valence-electron chi connectivity index (χ4n) is 4.65. The summed E-state index contributed by atoms with van der Waals surface area (Å²) in [5.74, 6) is -6.91. The van der Waals surface area contributed by atoms with Crippen LogP contribution in [0.25, 0.3) is 0 Å². The van der Waals surface area contributed by atoms with Crippen LogP contribution in [0.2, 0.25) is 0 Å². The lowest BCUT2D eigenvalue weighted by Gasteiger charge is -2.39. The Kier molecular flexibility index (Phi) is 5.14. The molecule has 0 heterocycles. The number of alkyl halides is 3. The molecule has 1 aromatic carbocycles. The summed E-state index contributed by atoms with van der Waals surface area (Å²) >= 11 is 0. The molecule has 29 heavy (non-hydrogen) atoms. The van der Waals surface area contributed by atoms with Crippen LogP contribution in [0.15, 0.2) is 18.2 Å². The predicted molar refractivity (Wildman–Crippen MR) is 91.0 cm³/mol. The first-order valence-corrected chi connectivity index (χ1v) is 8.91. The summed E-state index contributed by atoms with van der Waals surface area (Å²) in [5.41, 5.74) is 4.10. The van der Waals surface area contributed by atoms with Gasteiger partial charge in [0.15, 0.2) is 17.5 Å². The Hall–Kier alpha value is -2.91. The van der Waals surface area contributed by atoms with E-state index in [-0.39, 0.29) is 24.0 Å². The van der Waals surface area contributed by atoms with Crippen LogP contribution in [0, 0.1) is 11.3 Å². The van der Waals surface area contributed by atoms with Crippen molar-refractivity contribution in [3.8, 4) is 5.75 Å². The molecule has 1 unspecified atom stereocenters. The third kappa shape index (κ3) is 3.96. The zero-order valence-corrected chi connectivity index (χ0v) is 15.1. The molecule has 1 aromatic rings. The highest BCUT2D eigenvalue weighted by Crippen LogP contribution is 2.58. The molecule has 2 saturated carbocycles. The van der Waals surface area contributed by atoms with Crippen LogP contribution in [0.5, 0.6) is 5.75 Å². The largest absolute Gasteiger partial charge is 0.573 e. The van der Waals surface area contributed by atoms with Crippen molar-refractivity contribution in [1.82, 2.24) is 0 Å². The average Bonchev–Trinajstić information content (AvgIpc) is 2.94. The van der Waals surface area contributed by atoms with Gasteiger partial charge in [0.1, 0.15) is 5.75 Å². The normalized spacial score (nSPS) is 27.3. The molecule has 7 nitrogen and oxygen atoms in total. The predicted octanol–water partition coefficient (Wildman–Crippen LogP) is 2.57. The standard InChI is InChI=1S/C19H18F3NO6/c20-19(21,22)29-14-6-9(16(23)26)3-4-10(14)11-2-1-5-18(11)7-12(24)15(17(27)28)13(25)8-18/h3-4,6,11,15H,1-2,5,7-8H2,(H2,23,26)(H,27,28). The molecule has 3 N–H and O–H groups in total. The number of carboxylic acids is 1. The van der Waals surface area contributed by atoms with E-state index in [2.05, 4.69) is 4.74 Å². The number of hydrogen-bond donors (Lipinski definition) is 2. The SMILES string of the molecule is NC(=O)c1ccc(C2CCCC23CC(=O)C(C(=O)O)C(=O)C3)c(OC(F)(F)F)c1. The van der Waals surface area contributed by atoms with E-state index < -0.39 is 52.8 Å². The number of ketones is 2. The van der Waals surface area contributed by atoms with Crippen molar-refractivity contribution in [3.05, 3.63) is 29.3 Å². The number of nitrogens with two attached hydrogens (primary N) is 1. The maximum atomic E-state index is 12.9. The fraction of sp³-hybridized carbons (Fsp3) is 0.474. The third-order valence-electron chi connectivity index (χ3n) is 5.75. The minimum Gasteiger partial charge on any atom is -0.480 e. The first-order valence-electron chi connectivity index (χ1n) is 8.91.